The van der Waals surface area contributed by atoms with E-state index in [0.29, 0.717) is 10.5 Å². The lowest BCUT2D eigenvalue weighted by Gasteiger charge is -2.03. The number of hydrogen-bond acceptors (Lipinski definition) is 3. The number of halogens is 1. The van der Waals surface area contributed by atoms with Crippen molar-refractivity contribution in [3.63, 3.8) is 0 Å². The molecule has 0 bridgehead atoms. The minimum Gasteiger partial charge on any atom is -0.468 e. The molecule has 0 aromatic heterocycles. The molecular formula is C6H12INO2. The Bertz CT molecular complexity index is 106. The van der Waals surface area contributed by atoms with E-state index in [9.17, 15) is 4.79 Å². The van der Waals surface area contributed by atoms with Crippen molar-refractivity contribution in [2.75, 3.05) is 20.2 Å². The first-order valence-corrected chi connectivity index (χ1v) is 4.33. The van der Waals surface area contributed by atoms with Crippen molar-refractivity contribution in [2.24, 2.45) is 0 Å². The first-order valence-electron chi connectivity index (χ1n) is 3.08. The van der Waals surface area contributed by atoms with Crippen LogP contribution in [0.4, 0.5) is 0 Å². The summed E-state index contributed by atoms with van der Waals surface area (Å²) in [5.41, 5.74) is 0. The third-order valence-electron chi connectivity index (χ3n) is 0.923. The van der Waals surface area contributed by atoms with Crippen LogP contribution in [0, 0.1) is 0 Å². The number of esters is 1. The van der Waals surface area contributed by atoms with Crippen LogP contribution < -0.4 is 5.32 Å². The molecule has 0 aliphatic heterocycles. The summed E-state index contributed by atoms with van der Waals surface area (Å²) in [6.45, 7) is 3.23. The average molecular weight is 257 g/mol. The molecule has 1 N–H and O–H groups in total. The zero-order valence-corrected chi connectivity index (χ0v) is 8.34. The van der Waals surface area contributed by atoms with Crippen LogP contribution >= 0.6 is 22.6 Å². The number of hydrogen-bond donors (Lipinski definition) is 1. The fraction of sp³-hybridized carbons (Fsp3) is 0.833. The Morgan fingerprint density at radius 1 is 1.80 bits per heavy atom. The van der Waals surface area contributed by atoms with E-state index in [1.807, 2.05) is 0 Å². The van der Waals surface area contributed by atoms with Gasteiger partial charge in [0.2, 0.25) is 0 Å². The second kappa shape index (κ2) is 5.91. The molecule has 0 spiro atoms. The molecule has 4 heteroatoms. The topological polar surface area (TPSA) is 38.3 Å². The molecule has 3 nitrogen and oxygen atoms in total. The average Bonchev–Trinajstić information content (AvgIpc) is 1.87. The zero-order valence-electron chi connectivity index (χ0n) is 6.19. The largest absolute Gasteiger partial charge is 0.468 e. The van der Waals surface area contributed by atoms with E-state index in [2.05, 4.69) is 39.6 Å². The summed E-state index contributed by atoms with van der Waals surface area (Å²) < 4.78 is 4.97. The number of carbonyl (C=O) groups is 1. The van der Waals surface area contributed by atoms with Gasteiger partial charge in [0, 0.05) is 10.5 Å². The van der Waals surface area contributed by atoms with Crippen molar-refractivity contribution < 1.29 is 9.53 Å². The van der Waals surface area contributed by atoms with Gasteiger partial charge in [-0.3, -0.25) is 4.79 Å². The molecule has 60 valence electrons. The number of methoxy groups -OCH3 is 1. The van der Waals surface area contributed by atoms with Crippen molar-refractivity contribution in [3.8, 4) is 0 Å². The van der Waals surface area contributed by atoms with Crippen LogP contribution in [0.25, 0.3) is 0 Å². The lowest BCUT2D eigenvalue weighted by atomic mass is 10.5. The predicted octanol–water partition coefficient (Wildman–Crippen LogP) is 0.572. The Kier molecular flexibility index (Phi) is 6.00. The molecule has 0 saturated heterocycles. The number of ether oxygens (including phenoxy) is 1. The standard InChI is InChI=1S/C6H12INO2/c1-5(7)3-8-4-6(9)10-2/h5,8H,3-4H2,1-2H3. The number of alkyl halides is 1. The van der Waals surface area contributed by atoms with Crippen LogP contribution in [-0.2, 0) is 9.53 Å². The highest BCUT2D eigenvalue weighted by molar-refractivity contribution is 14.1. The fourth-order valence-electron chi connectivity index (χ4n) is 0.445. The van der Waals surface area contributed by atoms with Crippen molar-refractivity contribution in [2.45, 2.75) is 10.8 Å². The summed E-state index contributed by atoms with van der Waals surface area (Å²) in [6.07, 6.45) is 0. The number of rotatable bonds is 4. The van der Waals surface area contributed by atoms with E-state index in [1.54, 1.807) is 0 Å². The van der Waals surface area contributed by atoms with E-state index >= 15 is 0 Å². The third kappa shape index (κ3) is 6.28. The molecule has 0 aromatic rings. The smallest absolute Gasteiger partial charge is 0.319 e. The summed E-state index contributed by atoms with van der Waals surface area (Å²) in [4.78, 5) is 10.5. The molecule has 0 heterocycles. The van der Waals surface area contributed by atoms with Crippen LogP contribution in [-0.4, -0.2) is 30.1 Å². The highest BCUT2D eigenvalue weighted by Crippen LogP contribution is 1.93. The van der Waals surface area contributed by atoms with Crippen molar-refractivity contribution in [3.05, 3.63) is 0 Å². The molecule has 0 saturated carbocycles. The molecule has 0 fully saturated rings. The van der Waals surface area contributed by atoms with Crippen LogP contribution in [0.3, 0.4) is 0 Å². The molecular weight excluding hydrogens is 245 g/mol. The third-order valence-corrected chi connectivity index (χ3v) is 1.36. The van der Waals surface area contributed by atoms with E-state index in [-0.39, 0.29) is 5.97 Å². The Morgan fingerprint density at radius 2 is 2.40 bits per heavy atom. The van der Waals surface area contributed by atoms with Crippen molar-refractivity contribution in [1.29, 1.82) is 0 Å². The summed E-state index contributed by atoms with van der Waals surface area (Å²) >= 11 is 2.29. The first-order chi connectivity index (χ1) is 4.66. The van der Waals surface area contributed by atoms with E-state index < -0.39 is 0 Å². The Labute approximate surface area is 74.7 Å². The van der Waals surface area contributed by atoms with Gasteiger partial charge in [-0.1, -0.05) is 29.5 Å². The highest BCUT2D eigenvalue weighted by Gasteiger charge is 1.99. The van der Waals surface area contributed by atoms with Gasteiger partial charge in [0.05, 0.1) is 13.7 Å². The minimum absolute atomic E-state index is 0.211. The Balaban J connectivity index is 3.12. The van der Waals surface area contributed by atoms with Crippen LogP contribution in [0.15, 0.2) is 0 Å². The lowest BCUT2D eigenvalue weighted by molar-refractivity contribution is -0.139. The van der Waals surface area contributed by atoms with Gasteiger partial charge in [-0.2, -0.15) is 0 Å². The van der Waals surface area contributed by atoms with Crippen LogP contribution in [0.1, 0.15) is 6.92 Å². The molecule has 1 unspecified atom stereocenters. The van der Waals surface area contributed by atoms with Gasteiger partial charge >= 0.3 is 5.97 Å². The maximum atomic E-state index is 10.5. The first kappa shape index (κ1) is 10.2. The van der Waals surface area contributed by atoms with Gasteiger partial charge in [-0.25, -0.2) is 0 Å². The second-order valence-corrected chi connectivity index (χ2v) is 4.11. The van der Waals surface area contributed by atoms with Gasteiger partial charge in [-0.05, 0) is 0 Å². The van der Waals surface area contributed by atoms with E-state index in [1.165, 1.54) is 7.11 Å². The normalized spacial score (nSPS) is 12.7. The van der Waals surface area contributed by atoms with Gasteiger partial charge in [-0.15, -0.1) is 0 Å². The Morgan fingerprint density at radius 3 is 2.80 bits per heavy atom. The fourth-order valence-corrected chi connectivity index (χ4v) is 0.757. The monoisotopic (exact) mass is 257 g/mol. The van der Waals surface area contributed by atoms with Crippen molar-refractivity contribution in [1.82, 2.24) is 5.32 Å². The summed E-state index contributed by atoms with van der Waals surface area (Å²) in [5, 5.41) is 2.95. The van der Waals surface area contributed by atoms with Gasteiger partial charge < -0.3 is 10.1 Å². The van der Waals surface area contributed by atoms with Crippen LogP contribution in [0.5, 0.6) is 0 Å². The lowest BCUT2D eigenvalue weighted by Crippen LogP contribution is -2.28. The molecule has 1 atom stereocenters. The summed E-state index contributed by atoms with van der Waals surface area (Å²) in [5.74, 6) is -0.211. The van der Waals surface area contributed by atoms with Gasteiger partial charge in [0.15, 0.2) is 0 Å². The number of nitrogens with one attached hydrogen (secondary N) is 1. The minimum atomic E-state index is -0.211. The van der Waals surface area contributed by atoms with Crippen molar-refractivity contribution >= 4 is 28.6 Å². The number of carbonyl (C=O) groups excluding carboxylic acids is 1. The predicted molar refractivity (Wildman–Crippen MR) is 48.4 cm³/mol. The Hall–Kier alpha value is 0.160. The SMILES string of the molecule is COC(=O)CNCC(C)I. The second-order valence-electron chi connectivity index (χ2n) is 1.99. The van der Waals surface area contributed by atoms with E-state index in [0.717, 1.165) is 6.54 Å². The molecule has 0 aromatic carbocycles. The van der Waals surface area contributed by atoms with Crippen LogP contribution in [0.2, 0.25) is 0 Å². The highest BCUT2D eigenvalue weighted by atomic mass is 127. The molecule has 10 heavy (non-hydrogen) atoms. The van der Waals surface area contributed by atoms with Gasteiger partial charge in [0.1, 0.15) is 0 Å². The molecule has 0 aliphatic carbocycles. The molecule has 0 rings (SSSR count). The molecule has 0 radical (unpaired) electrons. The molecule has 0 amide bonds. The zero-order chi connectivity index (χ0) is 7.98. The van der Waals surface area contributed by atoms with Gasteiger partial charge in [0.25, 0.3) is 0 Å². The quantitative estimate of drug-likeness (QED) is 0.454. The maximum absolute atomic E-state index is 10.5. The van der Waals surface area contributed by atoms with E-state index in [4.69, 9.17) is 0 Å². The summed E-state index contributed by atoms with van der Waals surface area (Å²) in [7, 11) is 1.39. The summed E-state index contributed by atoms with van der Waals surface area (Å²) in [6, 6.07) is 0. The molecule has 0 aliphatic rings. The maximum Gasteiger partial charge on any atom is 0.319 e.